The van der Waals surface area contributed by atoms with Gasteiger partial charge in [-0.05, 0) is 60.8 Å². The van der Waals surface area contributed by atoms with Gasteiger partial charge < -0.3 is 4.74 Å². The fourth-order valence-electron chi connectivity index (χ4n) is 3.22. The maximum atomic E-state index is 13.1. The van der Waals surface area contributed by atoms with Crippen LogP contribution in [0, 0.1) is 0 Å². The van der Waals surface area contributed by atoms with Crippen molar-refractivity contribution in [3.8, 4) is 0 Å². The van der Waals surface area contributed by atoms with Crippen LogP contribution in [0.3, 0.4) is 0 Å². The van der Waals surface area contributed by atoms with E-state index >= 15 is 0 Å². The highest BCUT2D eigenvalue weighted by Gasteiger charge is 2.73. The van der Waals surface area contributed by atoms with E-state index in [0.717, 1.165) is 16.9 Å². The molecule has 27 heavy (non-hydrogen) atoms. The van der Waals surface area contributed by atoms with Gasteiger partial charge in [0.2, 0.25) is 0 Å². The summed E-state index contributed by atoms with van der Waals surface area (Å²) in [6, 6.07) is 12.6. The van der Waals surface area contributed by atoms with Crippen molar-refractivity contribution in [1.29, 1.82) is 0 Å². The second-order valence-electron chi connectivity index (χ2n) is 7.95. The van der Waals surface area contributed by atoms with Gasteiger partial charge in [-0.15, -0.1) is 11.3 Å². The van der Waals surface area contributed by atoms with Crippen LogP contribution in [-0.2, 0) is 25.0 Å². The topological polar surface area (TPSA) is 72.5 Å². The number of nitrogens with one attached hydrogen (secondary N) is 1. The Morgan fingerprint density at radius 2 is 1.81 bits per heavy atom. The Balaban J connectivity index is 2.01. The molecule has 1 N–H and O–H groups in total. The van der Waals surface area contributed by atoms with E-state index in [4.69, 9.17) is 4.74 Å². The number of esters is 1. The smallest absolute Gasteiger partial charge is 0.328 e. The molecule has 1 aliphatic carbocycles. The summed E-state index contributed by atoms with van der Waals surface area (Å²) in [7, 11) is -3.88. The number of benzene rings is 1. The van der Waals surface area contributed by atoms with Crippen LogP contribution in [-0.4, -0.2) is 25.5 Å². The molecule has 2 atom stereocenters. The van der Waals surface area contributed by atoms with Crippen molar-refractivity contribution in [1.82, 2.24) is 4.72 Å². The second kappa shape index (κ2) is 6.69. The first-order chi connectivity index (χ1) is 12.4. The van der Waals surface area contributed by atoms with Crippen LogP contribution >= 0.6 is 27.3 Å². The van der Waals surface area contributed by atoms with Crippen LogP contribution in [0.4, 0.5) is 0 Å². The first-order valence-electron chi connectivity index (χ1n) is 8.48. The van der Waals surface area contributed by atoms with Gasteiger partial charge in [0.15, 0.2) is 0 Å². The molecule has 146 valence electrons. The molecule has 1 saturated carbocycles. The molecule has 0 amide bonds. The predicted molar refractivity (Wildman–Crippen MR) is 109 cm³/mol. The van der Waals surface area contributed by atoms with Crippen molar-refractivity contribution >= 4 is 43.3 Å². The van der Waals surface area contributed by atoms with Gasteiger partial charge in [0.05, 0.1) is 3.79 Å². The summed E-state index contributed by atoms with van der Waals surface area (Å²) in [5.41, 5.74) is -1.84. The zero-order valence-electron chi connectivity index (χ0n) is 15.6. The molecule has 0 saturated heterocycles. The largest absolute Gasteiger partial charge is 0.459 e. The van der Waals surface area contributed by atoms with Gasteiger partial charge in [-0.2, -0.15) is 4.72 Å². The lowest BCUT2D eigenvalue weighted by atomic mass is 9.93. The Morgan fingerprint density at radius 1 is 1.19 bits per heavy atom. The monoisotopic (exact) mass is 471 g/mol. The molecule has 1 fully saturated rings. The first-order valence-corrected chi connectivity index (χ1v) is 11.6. The van der Waals surface area contributed by atoms with E-state index in [1.54, 1.807) is 26.8 Å². The van der Waals surface area contributed by atoms with E-state index in [-0.39, 0.29) is 4.21 Å². The molecule has 3 rings (SSSR count). The molecule has 0 radical (unpaired) electrons. The minimum absolute atomic E-state index is 0.152. The van der Waals surface area contributed by atoms with Gasteiger partial charge >= 0.3 is 5.97 Å². The predicted octanol–water partition coefficient (Wildman–Crippen LogP) is 4.23. The van der Waals surface area contributed by atoms with E-state index in [9.17, 15) is 13.2 Å². The summed E-state index contributed by atoms with van der Waals surface area (Å²) >= 11 is 4.38. The number of rotatable bonds is 5. The maximum Gasteiger partial charge on any atom is 0.328 e. The maximum absolute atomic E-state index is 13.1. The minimum Gasteiger partial charge on any atom is -0.459 e. The Hall–Kier alpha value is -1.22. The summed E-state index contributed by atoms with van der Waals surface area (Å²) in [6.07, 6.45) is 0.338. The molecule has 1 aliphatic rings. The minimum atomic E-state index is -3.88. The molecule has 0 aliphatic heterocycles. The summed E-state index contributed by atoms with van der Waals surface area (Å²) < 4.78 is 35.0. The molecule has 1 aromatic heterocycles. The SMILES string of the molecule is CC(C)(C)OC(=O)[C@]1(NS(=O)(=O)c2ccc(Br)s2)C[C@]1(C)c1ccccc1. The molecule has 0 unspecified atom stereocenters. The lowest BCUT2D eigenvalue weighted by molar-refractivity contribution is -0.158. The molecular weight excluding hydrogens is 450 g/mol. The molecule has 1 aromatic carbocycles. The number of halogens is 1. The molecule has 0 bridgehead atoms. The van der Waals surface area contributed by atoms with E-state index in [2.05, 4.69) is 20.7 Å². The van der Waals surface area contributed by atoms with Crippen LogP contribution in [0.1, 0.15) is 39.7 Å². The molecule has 5 nitrogen and oxygen atoms in total. The Morgan fingerprint density at radius 3 is 2.33 bits per heavy atom. The van der Waals surface area contributed by atoms with Gasteiger partial charge in [-0.1, -0.05) is 37.3 Å². The number of sulfonamides is 1. The Kier molecular flexibility index (Phi) is 5.08. The van der Waals surface area contributed by atoms with E-state index in [0.29, 0.717) is 10.2 Å². The molecule has 2 aromatic rings. The van der Waals surface area contributed by atoms with Crippen molar-refractivity contribution in [2.24, 2.45) is 0 Å². The highest BCUT2D eigenvalue weighted by Crippen LogP contribution is 2.59. The standard InChI is InChI=1S/C19H22BrNO4S2/c1-17(2,3)25-16(22)19(12-18(19,4)13-8-6-5-7-9-13)21-27(23,24)15-11-10-14(20)26-15/h5-11,21H,12H2,1-4H3/t18-,19-/m1/s1. The number of hydrogen-bond donors (Lipinski definition) is 1. The number of carbonyl (C=O) groups excluding carboxylic acids is 1. The lowest BCUT2D eigenvalue weighted by Crippen LogP contribution is -2.50. The summed E-state index contributed by atoms with van der Waals surface area (Å²) in [4.78, 5) is 13.1. The van der Waals surface area contributed by atoms with Crippen LogP contribution in [0.5, 0.6) is 0 Å². The molecular formula is C19H22BrNO4S2. The van der Waals surface area contributed by atoms with Crippen LogP contribution in [0.2, 0.25) is 0 Å². The van der Waals surface area contributed by atoms with E-state index < -0.39 is 32.5 Å². The summed E-state index contributed by atoms with van der Waals surface area (Å²) in [5, 5.41) is 0. The van der Waals surface area contributed by atoms with Crippen LogP contribution in [0.15, 0.2) is 50.5 Å². The third kappa shape index (κ3) is 3.85. The van der Waals surface area contributed by atoms with Crippen LogP contribution < -0.4 is 4.72 Å². The average molecular weight is 472 g/mol. The van der Waals surface area contributed by atoms with Crippen molar-refractivity contribution in [2.45, 2.75) is 54.9 Å². The van der Waals surface area contributed by atoms with Crippen LogP contribution in [0.25, 0.3) is 0 Å². The fraction of sp³-hybridized carbons (Fsp3) is 0.421. The van der Waals surface area contributed by atoms with Gasteiger partial charge in [0, 0.05) is 5.41 Å². The highest BCUT2D eigenvalue weighted by molar-refractivity contribution is 9.11. The second-order valence-corrected chi connectivity index (χ2v) is 12.3. The summed E-state index contributed by atoms with van der Waals surface area (Å²) in [6.45, 7) is 7.20. The number of thiophene rings is 1. The quantitative estimate of drug-likeness (QED) is 0.662. The van der Waals surface area contributed by atoms with Crippen molar-refractivity contribution in [3.63, 3.8) is 0 Å². The van der Waals surface area contributed by atoms with Crippen molar-refractivity contribution in [3.05, 3.63) is 51.8 Å². The van der Waals surface area contributed by atoms with Gasteiger partial charge in [-0.25, -0.2) is 13.2 Å². The van der Waals surface area contributed by atoms with Gasteiger partial charge in [0.1, 0.15) is 15.3 Å². The van der Waals surface area contributed by atoms with Gasteiger partial charge in [0.25, 0.3) is 10.0 Å². The van der Waals surface area contributed by atoms with Crippen molar-refractivity contribution < 1.29 is 17.9 Å². The van der Waals surface area contributed by atoms with E-state index in [1.165, 1.54) is 6.07 Å². The normalized spacial score (nSPS) is 25.2. The fourth-order valence-corrected chi connectivity index (χ4v) is 6.68. The first kappa shape index (κ1) is 20.5. The summed E-state index contributed by atoms with van der Waals surface area (Å²) in [5.74, 6) is -0.555. The number of carbonyl (C=O) groups is 1. The average Bonchev–Trinajstić information content (AvgIpc) is 2.92. The number of hydrogen-bond acceptors (Lipinski definition) is 5. The zero-order chi connectivity index (χ0) is 20.1. The highest BCUT2D eigenvalue weighted by atomic mass is 79.9. The third-order valence-corrected chi connectivity index (χ3v) is 8.33. The molecule has 1 heterocycles. The third-order valence-electron chi connectivity index (χ3n) is 4.72. The Bertz CT molecular complexity index is 965. The van der Waals surface area contributed by atoms with E-state index in [1.807, 2.05) is 37.3 Å². The zero-order valence-corrected chi connectivity index (χ0v) is 18.8. The molecule has 8 heteroatoms. The lowest BCUT2D eigenvalue weighted by Gasteiger charge is -2.27. The Labute approximate surface area is 172 Å². The van der Waals surface area contributed by atoms with Gasteiger partial charge in [-0.3, -0.25) is 0 Å². The molecule has 0 spiro atoms. The number of ether oxygens (including phenoxy) is 1. The van der Waals surface area contributed by atoms with Crippen molar-refractivity contribution in [2.75, 3.05) is 0 Å².